The highest BCUT2D eigenvalue weighted by Gasteiger charge is 2.21. The van der Waals surface area contributed by atoms with Crippen molar-refractivity contribution in [2.45, 2.75) is 38.4 Å². The van der Waals surface area contributed by atoms with Crippen LogP contribution in [0.15, 0.2) is 18.2 Å². The number of hydrogen-bond donors (Lipinski definition) is 2. The molecule has 0 radical (unpaired) electrons. The van der Waals surface area contributed by atoms with Gasteiger partial charge in [-0.15, -0.1) is 0 Å². The number of hydrogen-bond acceptors (Lipinski definition) is 3. The first kappa shape index (κ1) is 13.5. The maximum Gasteiger partial charge on any atom is 0.127 e. The maximum atomic E-state index is 13.4. The van der Waals surface area contributed by atoms with E-state index in [2.05, 4.69) is 4.90 Å². The van der Waals surface area contributed by atoms with Gasteiger partial charge in [-0.25, -0.2) is 4.39 Å². The molecule has 3 N–H and O–H groups in total. The smallest absolute Gasteiger partial charge is 0.127 e. The minimum absolute atomic E-state index is 0.199. The van der Waals surface area contributed by atoms with E-state index in [0.29, 0.717) is 5.56 Å². The van der Waals surface area contributed by atoms with E-state index in [1.54, 1.807) is 6.07 Å². The van der Waals surface area contributed by atoms with Crippen molar-refractivity contribution in [3.8, 4) is 0 Å². The van der Waals surface area contributed by atoms with Crippen molar-refractivity contribution in [2.24, 2.45) is 5.73 Å². The van der Waals surface area contributed by atoms with Gasteiger partial charge >= 0.3 is 0 Å². The monoisotopic (exact) mass is 252 g/mol. The van der Waals surface area contributed by atoms with E-state index >= 15 is 0 Å². The average Bonchev–Trinajstić information content (AvgIpc) is 2.41. The highest BCUT2D eigenvalue weighted by atomic mass is 19.1. The van der Waals surface area contributed by atoms with Gasteiger partial charge in [0.15, 0.2) is 0 Å². The van der Waals surface area contributed by atoms with Crippen LogP contribution in [0.25, 0.3) is 0 Å². The van der Waals surface area contributed by atoms with Gasteiger partial charge < -0.3 is 10.8 Å². The molecule has 1 aromatic carbocycles. The van der Waals surface area contributed by atoms with Gasteiger partial charge in [0.1, 0.15) is 5.82 Å². The minimum Gasteiger partial charge on any atom is -0.395 e. The summed E-state index contributed by atoms with van der Waals surface area (Å²) in [5, 5.41) is 9.36. The summed E-state index contributed by atoms with van der Waals surface area (Å²) in [5.74, 6) is -0.237. The van der Waals surface area contributed by atoms with Crippen molar-refractivity contribution in [1.82, 2.24) is 4.90 Å². The second kappa shape index (κ2) is 6.27. The molecule has 0 bridgehead atoms. The molecule has 4 heteroatoms. The van der Waals surface area contributed by atoms with Gasteiger partial charge in [0, 0.05) is 24.7 Å². The van der Waals surface area contributed by atoms with Gasteiger partial charge in [0.25, 0.3) is 0 Å². The third-order valence-electron chi connectivity index (χ3n) is 3.68. The van der Waals surface area contributed by atoms with Gasteiger partial charge in [-0.3, -0.25) is 4.90 Å². The molecular formula is C14H21FN2O. The Morgan fingerprint density at radius 2 is 2.22 bits per heavy atom. The number of likely N-dealkylation sites (tertiary alicyclic amines) is 1. The SMILES string of the molecule is NCc1cc(CN2CCCCC2CO)ccc1F. The van der Waals surface area contributed by atoms with Crippen LogP contribution in [0, 0.1) is 5.82 Å². The molecule has 0 aliphatic carbocycles. The van der Waals surface area contributed by atoms with Crippen LogP contribution in [0.5, 0.6) is 0 Å². The van der Waals surface area contributed by atoms with Gasteiger partial charge in [0.05, 0.1) is 6.61 Å². The topological polar surface area (TPSA) is 49.5 Å². The first-order valence-corrected chi connectivity index (χ1v) is 6.57. The van der Waals surface area contributed by atoms with E-state index < -0.39 is 0 Å². The number of aliphatic hydroxyl groups excluding tert-OH is 1. The summed E-state index contributed by atoms with van der Waals surface area (Å²) in [4.78, 5) is 2.27. The van der Waals surface area contributed by atoms with Crippen LogP contribution in [0.3, 0.4) is 0 Å². The zero-order valence-electron chi connectivity index (χ0n) is 10.6. The Bertz CT molecular complexity index is 397. The van der Waals surface area contributed by atoms with E-state index in [1.807, 2.05) is 6.07 Å². The number of benzene rings is 1. The molecule has 3 nitrogen and oxygen atoms in total. The van der Waals surface area contributed by atoms with Gasteiger partial charge in [-0.2, -0.15) is 0 Å². The molecule has 0 spiro atoms. The van der Waals surface area contributed by atoms with Crippen LogP contribution >= 0.6 is 0 Å². The summed E-state index contributed by atoms with van der Waals surface area (Å²) in [6, 6.07) is 5.36. The largest absolute Gasteiger partial charge is 0.395 e. The van der Waals surface area contributed by atoms with Crippen molar-refractivity contribution in [3.63, 3.8) is 0 Å². The summed E-state index contributed by atoms with van der Waals surface area (Å²) in [6.07, 6.45) is 3.39. The number of piperidine rings is 1. The summed E-state index contributed by atoms with van der Waals surface area (Å²) >= 11 is 0. The van der Waals surface area contributed by atoms with E-state index in [4.69, 9.17) is 5.73 Å². The van der Waals surface area contributed by atoms with E-state index in [9.17, 15) is 9.50 Å². The Morgan fingerprint density at radius 1 is 1.39 bits per heavy atom. The molecule has 0 amide bonds. The molecule has 0 saturated carbocycles. The Labute approximate surface area is 107 Å². The van der Waals surface area contributed by atoms with Crippen LogP contribution in [0.4, 0.5) is 4.39 Å². The molecule has 1 fully saturated rings. The predicted molar refractivity (Wildman–Crippen MR) is 69.4 cm³/mol. The molecule has 1 aliphatic heterocycles. The van der Waals surface area contributed by atoms with Crippen LogP contribution in [0.2, 0.25) is 0 Å². The molecular weight excluding hydrogens is 231 g/mol. The van der Waals surface area contributed by atoms with Crippen LogP contribution < -0.4 is 5.73 Å². The van der Waals surface area contributed by atoms with Crippen LogP contribution in [-0.2, 0) is 13.1 Å². The highest BCUT2D eigenvalue weighted by molar-refractivity contribution is 5.25. The Kier molecular flexibility index (Phi) is 4.69. The normalized spacial score (nSPS) is 21.2. The second-order valence-corrected chi connectivity index (χ2v) is 4.93. The predicted octanol–water partition coefficient (Wildman–Crippen LogP) is 1.63. The third kappa shape index (κ3) is 3.07. The van der Waals surface area contributed by atoms with Crippen molar-refractivity contribution in [1.29, 1.82) is 0 Å². The van der Waals surface area contributed by atoms with Crippen LogP contribution in [-0.4, -0.2) is 29.2 Å². The molecule has 18 heavy (non-hydrogen) atoms. The third-order valence-corrected chi connectivity index (χ3v) is 3.68. The lowest BCUT2D eigenvalue weighted by Crippen LogP contribution is -2.41. The number of rotatable bonds is 4. The molecule has 100 valence electrons. The summed E-state index contributed by atoms with van der Waals surface area (Å²) in [7, 11) is 0. The number of aliphatic hydroxyl groups is 1. The molecule has 1 atom stereocenters. The minimum atomic E-state index is -0.237. The lowest BCUT2D eigenvalue weighted by Gasteiger charge is -2.34. The van der Waals surface area contributed by atoms with Gasteiger partial charge in [0.2, 0.25) is 0 Å². The molecule has 1 heterocycles. The fourth-order valence-electron chi connectivity index (χ4n) is 2.59. The van der Waals surface area contributed by atoms with Crippen molar-refractivity contribution >= 4 is 0 Å². The second-order valence-electron chi connectivity index (χ2n) is 4.93. The first-order chi connectivity index (χ1) is 8.74. The van der Waals surface area contributed by atoms with E-state index in [-0.39, 0.29) is 25.0 Å². The number of nitrogens with zero attached hydrogens (tertiary/aromatic N) is 1. The van der Waals surface area contributed by atoms with Crippen molar-refractivity contribution in [3.05, 3.63) is 35.1 Å². The molecule has 1 unspecified atom stereocenters. The quantitative estimate of drug-likeness (QED) is 0.856. The molecule has 2 rings (SSSR count). The lowest BCUT2D eigenvalue weighted by molar-refractivity contribution is 0.0841. The lowest BCUT2D eigenvalue weighted by atomic mass is 10.0. The van der Waals surface area contributed by atoms with Gasteiger partial charge in [-0.05, 0) is 31.0 Å². The maximum absolute atomic E-state index is 13.4. The van der Waals surface area contributed by atoms with E-state index in [0.717, 1.165) is 25.1 Å². The summed E-state index contributed by atoms with van der Waals surface area (Å²) in [5.41, 5.74) is 7.14. The first-order valence-electron chi connectivity index (χ1n) is 6.57. The fraction of sp³-hybridized carbons (Fsp3) is 0.571. The molecule has 1 saturated heterocycles. The average molecular weight is 252 g/mol. The zero-order valence-corrected chi connectivity index (χ0v) is 10.6. The van der Waals surface area contributed by atoms with E-state index in [1.165, 1.54) is 18.9 Å². The molecule has 1 aromatic rings. The summed E-state index contributed by atoms with van der Waals surface area (Å²) < 4.78 is 13.4. The molecule has 1 aliphatic rings. The van der Waals surface area contributed by atoms with Crippen molar-refractivity contribution in [2.75, 3.05) is 13.2 Å². The van der Waals surface area contributed by atoms with Gasteiger partial charge in [-0.1, -0.05) is 18.6 Å². The zero-order chi connectivity index (χ0) is 13.0. The van der Waals surface area contributed by atoms with Crippen LogP contribution in [0.1, 0.15) is 30.4 Å². The Morgan fingerprint density at radius 3 is 2.94 bits per heavy atom. The highest BCUT2D eigenvalue weighted by Crippen LogP contribution is 2.20. The Hall–Kier alpha value is -0.970. The standard InChI is InChI=1S/C14H21FN2O/c15-14-5-4-11(7-12(14)8-16)9-17-6-2-1-3-13(17)10-18/h4-5,7,13,18H,1-3,6,8-10,16H2. The summed E-state index contributed by atoms with van der Waals surface area (Å²) in [6.45, 7) is 2.19. The van der Waals surface area contributed by atoms with Crippen molar-refractivity contribution < 1.29 is 9.50 Å². The molecule has 0 aromatic heterocycles. The number of halogens is 1. The fourth-order valence-corrected chi connectivity index (χ4v) is 2.59. The Balaban J connectivity index is 2.07. The number of nitrogens with two attached hydrogens (primary N) is 1.